The lowest BCUT2D eigenvalue weighted by atomic mass is 10.3. The molecule has 2 rings (SSSR count). The van der Waals surface area contributed by atoms with Gasteiger partial charge in [-0.3, -0.25) is 4.90 Å². The number of hydrogen-bond acceptors (Lipinski definition) is 2. The topological polar surface area (TPSA) is 44.4 Å². The third-order valence-corrected chi connectivity index (χ3v) is 2.81. The minimum absolute atomic E-state index is 0.225. The van der Waals surface area contributed by atoms with Gasteiger partial charge in [0.15, 0.2) is 5.11 Å². The number of anilines is 1. The molecule has 16 heavy (non-hydrogen) atoms. The summed E-state index contributed by atoms with van der Waals surface area (Å²) in [5.41, 5.74) is 0.698. The van der Waals surface area contributed by atoms with Gasteiger partial charge in [-0.1, -0.05) is 11.6 Å². The lowest BCUT2D eigenvalue weighted by Crippen LogP contribution is -2.37. The summed E-state index contributed by atoms with van der Waals surface area (Å²) in [5, 5.41) is 6.76. The predicted molar refractivity (Wildman–Crippen MR) is 67.8 cm³/mol. The molecule has 1 aliphatic heterocycles. The molecule has 0 atom stereocenters. The number of nitrogens with zero attached hydrogens (tertiary/aromatic N) is 1. The number of hydrogen-bond donors (Lipinski definition) is 2. The van der Waals surface area contributed by atoms with Crippen LogP contribution >= 0.6 is 23.8 Å². The molecule has 1 heterocycles. The third kappa shape index (κ3) is 2.43. The van der Waals surface area contributed by atoms with E-state index in [2.05, 4.69) is 10.6 Å². The van der Waals surface area contributed by atoms with E-state index in [1.807, 2.05) is 0 Å². The van der Waals surface area contributed by atoms with E-state index in [4.69, 9.17) is 23.8 Å². The number of carbonyl (C=O) groups excluding carboxylic acids is 1. The van der Waals surface area contributed by atoms with Gasteiger partial charge in [0.25, 0.3) is 0 Å². The fraction of sp³-hybridized carbons (Fsp3) is 0.200. The minimum atomic E-state index is -0.225. The average molecular weight is 256 g/mol. The Balaban J connectivity index is 2.02. The number of halogens is 1. The van der Waals surface area contributed by atoms with E-state index in [1.165, 1.54) is 4.90 Å². The number of thiocarbonyl (C=S) groups is 1. The van der Waals surface area contributed by atoms with Gasteiger partial charge in [-0.05, 0) is 36.5 Å². The zero-order chi connectivity index (χ0) is 11.5. The normalized spacial score (nSPS) is 14.8. The Bertz CT molecular complexity index is 421. The summed E-state index contributed by atoms with van der Waals surface area (Å²) in [4.78, 5) is 13.3. The molecule has 0 bridgehead atoms. The lowest BCUT2D eigenvalue weighted by Gasteiger charge is -2.15. The Hall–Kier alpha value is -1.33. The quantitative estimate of drug-likeness (QED) is 0.755. The van der Waals surface area contributed by atoms with Crippen molar-refractivity contribution >= 4 is 40.6 Å². The van der Waals surface area contributed by atoms with Crippen LogP contribution < -0.4 is 10.6 Å². The molecule has 2 N–H and O–H groups in total. The Morgan fingerprint density at radius 2 is 2.12 bits per heavy atom. The van der Waals surface area contributed by atoms with E-state index in [-0.39, 0.29) is 6.03 Å². The predicted octanol–water partition coefficient (Wildman–Crippen LogP) is 2.06. The van der Waals surface area contributed by atoms with Crippen molar-refractivity contribution in [2.75, 3.05) is 18.4 Å². The number of nitrogens with one attached hydrogen (secondary N) is 2. The van der Waals surface area contributed by atoms with Crippen LogP contribution in [0.25, 0.3) is 0 Å². The fourth-order valence-corrected chi connectivity index (χ4v) is 1.79. The Kier molecular flexibility index (Phi) is 3.26. The minimum Gasteiger partial charge on any atom is -0.360 e. The molecule has 0 spiro atoms. The largest absolute Gasteiger partial charge is 0.360 e. The van der Waals surface area contributed by atoms with Crippen molar-refractivity contribution in [3.63, 3.8) is 0 Å². The maximum absolute atomic E-state index is 11.8. The Morgan fingerprint density at radius 1 is 1.44 bits per heavy atom. The molecule has 84 valence electrons. The number of urea groups is 1. The summed E-state index contributed by atoms with van der Waals surface area (Å²) in [6.45, 7) is 1.30. The molecule has 0 unspecified atom stereocenters. The summed E-state index contributed by atoms with van der Waals surface area (Å²) in [6.07, 6.45) is 0. The highest BCUT2D eigenvalue weighted by atomic mass is 35.5. The SMILES string of the molecule is O=C(Nc1ccc(Cl)cc1)N1CCNC1=S. The van der Waals surface area contributed by atoms with Gasteiger partial charge in [-0.2, -0.15) is 0 Å². The molecule has 0 saturated carbocycles. The summed E-state index contributed by atoms with van der Waals surface area (Å²) in [6, 6.07) is 6.70. The zero-order valence-electron chi connectivity index (χ0n) is 8.37. The highest BCUT2D eigenvalue weighted by molar-refractivity contribution is 7.80. The Morgan fingerprint density at radius 3 is 2.69 bits per heavy atom. The molecule has 1 saturated heterocycles. The van der Waals surface area contributed by atoms with E-state index < -0.39 is 0 Å². The maximum Gasteiger partial charge on any atom is 0.328 e. The smallest absolute Gasteiger partial charge is 0.328 e. The Labute approximate surface area is 104 Å². The van der Waals surface area contributed by atoms with Crippen LogP contribution in [-0.2, 0) is 0 Å². The van der Waals surface area contributed by atoms with Gasteiger partial charge < -0.3 is 10.6 Å². The highest BCUT2D eigenvalue weighted by Gasteiger charge is 2.22. The van der Waals surface area contributed by atoms with Gasteiger partial charge >= 0.3 is 6.03 Å². The standard InChI is InChI=1S/C10H10ClN3OS/c11-7-1-3-8(4-2-7)13-9(15)14-6-5-12-10(14)16/h1-4H,5-6H2,(H,12,16)(H,13,15). The van der Waals surface area contributed by atoms with Crippen LogP contribution in [-0.4, -0.2) is 29.1 Å². The fourth-order valence-electron chi connectivity index (χ4n) is 1.39. The van der Waals surface area contributed by atoms with Crippen LogP contribution in [0, 0.1) is 0 Å². The first kappa shape index (κ1) is 11.2. The first-order valence-electron chi connectivity index (χ1n) is 4.79. The summed E-state index contributed by atoms with van der Waals surface area (Å²) < 4.78 is 0. The second-order valence-electron chi connectivity index (χ2n) is 3.32. The lowest BCUT2D eigenvalue weighted by molar-refractivity contribution is 0.237. The van der Waals surface area contributed by atoms with Gasteiger partial charge in [-0.15, -0.1) is 0 Å². The molecule has 1 fully saturated rings. The molecule has 4 nitrogen and oxygen atoms in total. The molecule has 0 aliphatic carbocycles. The first-order chi connectivity index (χ1) is 7.66. The van der Waals surface area contributed by atoms with Crippen molar-refractivity contribution in [1.29, 1.82) is 0 Å². The molecule has 0 radical (unpaired) electrons. The van der Waals surface area contributed by atoms with E-state index >= 15 is 0 Å². The van der Waals surface area contributed by atoms with Crippen molar-refractivity contribution in [3.8, 4) is 0 Å². The third-order valence-electron chi connectivity index (χ3n) is 2.20. The van der Waals surface area contributed by atoms with Crippen LogP contribution in [0.3, 0.4) is 0 Å². The first-order valence-corrected chi connectivity index (χ1v) is 5.57. The average Bonchev–Trinajstić information content (AvgIpc) is 2.68. The second kappa shape index (κ2) is 4.67. The van der Waals surface area contributed by atoms with E-state index in [0.717, 1.165) is 0 Å². The molecule has 1 aliphatic rings. The molecule has 1 aromatic rings. The molecule has 2 amide bonds. The van der Waals surface area contributed by atoms with Gasteiger partial charge in [0.05, 0.1) is 0 Å². The number of carbonyl (C=O) groups is 1. The van der Waals surface area contributed by atoms with Gasteiger partial charge in [-0.25, -0.2) is 4.79 Å². The van der Waals surface area contributed by atoms with Crippen molar-refractivity contribution in [2.24, 2.45) is 0 Å². The van der Waals surface area contributed by atoms with E-state index in [1.54, 1.807) is 24.3 Å². The molecular formula is C10H10ClN3OS. The van der Waals surface area contributed by atoms with Crippen molar-refractivity contribution in [3.05, 3.63) is 29.3 Å². The maximum atomic E-state index is 11.8. The van der Waals surface area contributed by atoms with Crippen LogP contribution in [0.4, 0.5) is 10.5 Å². The number of benzene rings is 1. The number of amides is 2. The highest BCUT2D eigenvalue weighted by Crippen LogP contribution is 2.14. The van der Waals surface area contributed by atoms with Crippen molar-refractivity contribution in [2.45, 2.75) is 0 Å². The summed E-state index contributed by atoms with van der Waals surface area (Å²) >= 11 is 10.7. The molecule has 1 aromatic carbocycles. The van der Waals surface area contributed by atoms with Crippen LogP contribution in [0.1, 0.15) is 0 Å². The van der Waals surface area contributed by atoms with Crippen molar-refractivity contribution < 1.29 is 4.79 Å². The monoisotopic (exact) mass is 255 g/mol. The van der Waals surface area contributed by atoms with E-state index in [0.29, 0.717) is 28.9 Å². The van der Waals surface area contributed by atoms with Gasteiger partial charge in [0, 0.05) is 23.8 Å². The van der Waals surface area contributed by atoms with Crippen LogP contribution in [0.15, 0.2) is 24.3 Å². The number of rotatable bonds is 1. The van der Waals surface area contributed by atoms with Crippen LogP contribution in [0.5, 0.6) is 0 Å². The zero-order valence-corrected chi connectivity index (χ0v) is 9.94. The summed E-state index contributed by atoms with van der Waals surface area (Å²) in [5.74, 6) is 0. The second-order valence-corrected chi connectivity index (χ2v) is 4.14. The van der Waals surface area contributed by atoms with Gasteiger partial charge in [0.1, 0.15) is 0 Å². The van der Waals surface area contributed by atoms with Crippen molar-refractivity contribution in [1.82, 2.24) is 10.2 Å². The molecular weight excluding hydrogens is 246 g/mol. The van der Waals surface area contributed by atoms with E-state index in [9.17, 15) is 4.79 Å². The van der Waals surface area contributed by atoms with Gasteiger partial charge in [0.2, 0.25) is 0 Å². The molecule has 0 aromatic heterocycles. The van der Waals surface area contributed by atoms with Crippen LogP contribution in [0.2, 0.25) is 5.02 Å². The summed E-state index contributed by atoms with van der Waals surface area (Å²) in [7, 11) is 0. The molecule has 6 heteroatoms.